The number of likely N-dealkylation sites (tertiary alicyclic amines) is 1. The molecule has 1 amide bonds. The zero-order valence-corrected chi connectivity index (χ0v) is 17.6. The number of carbonyl (C=O) groups is 1. The van der Waals surface area contributed by atoms with Crippen LogP contribution in [0.4, 0.5) is 18.9 Å². The maximum Gasteiger partial charge on any atom is 0.417 e. The molecule has 2 fully saturated rings. The van der Waals surface area contributed by atoms with Crippen LogP contribution in [0.5, 0.6) is 0 Å². The molecule has 1 N–H and O–H groups in total. The highest BCUT2D eigenvalue weighted by molar-refractivity contribution is 5.92. The number of nitrogens with zero attached hydrogens (tertiary/aromatic N) is 5. The van der Waals surface area contributed by atoms with Gasteiger partial charge in [0.25, 0.3) is 5.91 Å². The number of aliphatic hydroxyl groups excluding tert-OH is 1. The Morgan fingerprint density at radius 3 is 2.62 bits per heavy atom. The van der Waals surface area contributed by atoms with Crippen molar-refractivity contribution >= 4 is 11.6 Å². The predicted octanol–water partition coefficient (Wildman–Crippen LogP) is 2.66. The molecule has 32 heavy (non-hydrogen) atoms. The summed E-state index contributed by atoms with van der Waals surface area (Å²) in [7, 11) is 1.76. The molecule has 10 heteroatoms. The summed E-state index contributed by atoms with van der Waals surface area (Å²) in [6, 6.07) is 5.36. The molecule has 3 heterocycles. The van der Waals surface area contributed by atoms with Crippen molar-refractivity contribution in [1.82, 2.24) is 14.5 Å². The summed E-state index contributed by atoms with van der Waals surface area (Å²) in [5.41, 5.74) is -0.749. The number of amides is 1. The first-order valence-corrected chi connectivity index (χ1v) is 10.4. The van der Waals surface area contributed by atoms with Crippen LogP contribution in [0, 0.1) is 22.7 Å². The summed E-state index contributed by atoms with van der Waals surface area (Å²) < 4.78 is 41.9. The smallest absolute Gasteiger partial charge is 0.396 e. The van der Waals surface area contributed by atoms with E-state index in [1.165, 1.54) is 18.3 Å². The van der Waals surface area contributed by atoms with Crippen molar-refractivity contribution in [3.63, 3.8) is 0 Å². The van der Waals surface area contributed by atoms with E-state index in [-0.39, 0.29) is 23.8 Å². The Labute approximate surface area is 183 Å². The molecule has 2 saturated heterocycles. The number of anilines is 1. The molecule has 1 atom stereocenters. The number of hydrogen-bond acceptors (Lipinski definition) is 5. The van der Waals surface area contributed by atoms with Gasteiger partial charge in [-0.3, -0.25) is 4.79 Å². The first kappa shape index (κ1) is 22.1. The minimum absolute atomic E-state index is 0.0748. The second-order valence-corrected chi connectivity index (χ2v) is 8.64. The summed E-state index contributed by atoms with van der Waals surface area (Å²) in [5.74, 6) is -0.210. The van der Waals surface area contributed by atoms with E-state index >= 15 is 0 Å². The number of piperidine rings is 1. The molecule has 1 unspecified atom stereocenters. The minimum Gasteiger partial charge on any atom is -0.396 e. The van der Waals surface area contributed by atoms with Crippen LogP contribution in [0.1, 0.15) is 34.5 Å². The molecule has 170 valence electrons. The number of aromatic nitrogens is 2. The molecule has 1 aromatic carbocycles. The second kappa shape index (κ2) is 8.13. The summed E-state index contributed by atoms with van der Waals surface area (Å²) in [6.07, 6.45) is -0.209. The maximum atomic E-state index is 13.4. The number of hydrogen-bond donors (Lipinski definition) is 1. The Hall–Kier alpha value is -3.06. The monoisotopic (exact) mass is 447 g/mol. The number of carbonyl (C=O) groups excluding carboxylic acids is 1. The fraction of sp³-hybridized carbons (Fsp3) is 0.500. The van der Waals surface area contributed by atoms with Gasteiger partial charge in [-0.25, -0.2) is 4.98 Å². The highest BCUT2D eigenvalue weighted by Gasteiger charge is 2.48. The molecule has 2 aliphatic heterocycles. The van der Waals surface area contributed by atoms with Gasteiger partial charge in [-0.1, -0.05) is 0 Å². The van der Waals surface area contributed by atoms with E-state index < -0.39 is 17.3 Å². The van der Waals surface area contributed by atoms with Crippen LogP contribution in [-0.2, 0) is 13.2 Å². The van der Waals surface area contributed by atoms with Gasteiger partial charge in [0, 0.05) is 51.4 Å². The number of rotatable bonds is 3. The van der Waals surface area contributed by atoms with Crippen LogP contribution in [0.15, 0.2) is 30.7 Å². The average molecular weight is 447 g/mol. The molecule has 2 aromatic rings. The second-order valence-electron chi connectivity index (χ2n) is 8.64. The van der Waals surface area contributed by atoms with Gasteiger partial charge >= 0.3 is 6.18 Å². The number of nitriles is 1. The fourth-order valence-electron chi connectivity index (χ4n) is 4.99. The number of benzene rings is 1. The van der Waals surface area contributed by atoms with Crippen LogP contribution in [0.3, 0.4) is 0 Å². The number of alkyl halides is 3. The molecule has 1 aromatic heterocycles. The molecule has 1 spiro atoms. The molecule has 0 saturated carbocycles. The summed E-state index contributed by atoms with van der Waals surface area (Å²) in [5, 5.41) is 19.1. The molecule has 7 nitrogen and oxygen atoms in total. The van der Waals surface area contributed by atoms with Crippen molar-refractivity contribution in [2.24, 2.45) is 18.4 Å². The number of halogens is 3. The lowest BCUT2D eigenvalue weighted by atomic mass is 9.71. The lowest BCUT2D eigenvalue weighted by Gasteiger charge is -2.42. The summed E-state index contributed by atoms with van der Waals surface area (Å²) in [4.78, 5) is 20.4. The summed E-state index contributed by atoms with van der Waals surface area (Å²) in [6.45, 7) is 1.87. The number of aliphatic hydroxyl groups is 1. The van der Waals surface area contributed by atoms with Crippen molar-refractivity contribution in [2.45, 2.75) is 19.0 Å². The molecule has 4 rings (SSSR count). The van der Waals surface area contributed by atoms with Crippen molar-refractivity contribution in [2.75, 3.05) is 37.7 Å². The van der Waals surface area contributed by atoms with Crippen LogP contribution in [0.25, 0.3) is 0 Å². The highest BCUT2D eigenvalue weighted by atomic mass is 19.4. The van der Waals surface area contributed by atoms with Crippen LogP contribution < -0.4 is 4.90 Å². The zero-order valence-electron chi connectivity index (χ0n) is 17.6. The first-order chi connectivity index (χ1) is 15.2. The highest BCUT2D eigenvalue weighted by Crippen LogP contribution is 2.46. The fourth-order valence-corrected chi connectivity index (χ4v) is 4.99. The molecule has 0 radical (unpaired) electrons. The van der Waals surface area contributed by atoms with Crippen LogP contribution in [0.2, 0.25) is 0 Å². The lowest BCUT2D eigenvalue weighted by Crippen LogP contribution is -2.47. The molecule has 0 bridgehead atoms. The van der Waals surface area contributed by atoms with E-state index in [0.29, 0.717) is 50.4 Å². The van der Waals surface area contributed by atoms with Crippen LogP contribution in [-0.4, -0.2) is 58.3 Å². The van der Waals surface area contributed by atoms with Gasteiger partial charge in [0.1, 0.15) is 5.69 Å². The third-order valence-corrected chi connectivity index (χ3v) is 6.91. The van der Waals surface area contributed by atoms with Gasteiger partial charge in [0.05, 0.1) is 29.7 Å². The zero-order chi connectivity index (χ0) is 23.1. The van der Waals surface area contributed by atoms with E-state index in [2.05, 4.69) is 4.98 Å². The molecule has 0 aliphatic carbocycles. The molecule has 2 aliphatic rings. The first-order valence-electron chi connectivity index (χ1n) is 10.4. The predicted molar refractivity (Wildman–Crippen MR) is 110 cm³/mol. The van der Waals surface area contributed by atoms with Crippen molar-refractivity contribution in [3.05, 3.63) is 47.5 Å². The van der Waals surface area contributed by atoms with Gasteiger partial charge < -0.3 is 19.5 Å². The quantitative estimate of drug-likeness (QED) is 0.782. The molecular formula is C22H24F3N5O2. The number of aryl methyl sites for hydroxylation is 1. The third kappa shape index (κ3) is 3.81. The Morgan fingerprint density at radius 2 is 2.06 bits per heavy atom. The maximum absolute atomic E-state index is 13.4. The Balaban J connectivity index is 1.52. The van der Waals surface area contributed by atoms with Gasteiger partial charge in [0.15, 0.2) is 0 Å². The third-order valence-electron chi connectivity index (χ3n) is 6.91. The lowest BCUT2D eigenvalue weighted by molar-refractivity contribution is -0.137. The van der Waals surface area contributed by atoms with E-state index in [1.54, 1.807) is 28.9 Å². The van der Waals surface area contributed by atoms with Crippen molar-refractivity contribution in [1.29, 1.82) is 5.26 Å². The van der Waals surface area contributed by atoms with Gasteiger partial charge in [-0.2, -0.15) is 18.4 Å². The van der Waals surface area contributed by atoms with E-state index in [9.17, 15) is 23.1 Å². The standard InChI is InChI=1S/C22H24F3N5O2/c1-28-14-27-10-19(28)20(32)29-6-4-21(5-7-29)13-30(11-16(21)12-31)17-3-2-15(9-26)18(8-17)22(23,24)25/h2-3,8,10,14,16,31H,4-7,11-13H2,1H3. The van der Waals surface area contributed by atoms with Crippen molar-refractivity contribution in [3.8, 4) is 6.07 Å². The van der Waals surface area contributed by atoms with Crippen molar-refractivity contribution < 1.29 is 23.1 Å². The average Bonchev–Trinajstić information content (AvgIpc) is 3.36. The Bertz CT molecular complexity index is 1050. The van der Waals surface area contributed by atoms with E-state index in [4.69, 9.17) is 5.26 Å². The van der Waals surface area contributed by atoms with E-state index in [0.717, 1.165) is 6.07 Å². The SMILES string of the molecule is Cn1cncc1C(=O)N1CCC2(CC1)CN(c1ccc(C#N)c(C(F)(F)F)c1)CC2CO. The number of imidazole rings is 1. The normalized spacial score (nSPS) is 20.6. The largest absolute Gasteiger partial charge is 0.417 e. The topological polar surface area (TPSA) is 85.4 Å². The van der Waals surface area contributed by atoms with Crippen LogP contribution >= 0.6 is 0 Å². The van der Waals surface area contributed by atoms with Gasteiger partial charge in [-0.15, -0.1) is 0 Å². The Morgan fingerprint density at radius 1 is 1.34 bits per heavy atom. The molecular weight excluding hydrogens is 423 g/mol. The van der Waals surface area contributed by atoms with E-state index in [1.807, 2.05) is 4.90 Å². The summed E-state index contributed by atoms with van der Waals surface area (Å²) >= 11 is 0. The van der Waals surface area contributed by atoms with Gasteiger partial charge in [-0.05, 0) is 36.5 Å². The van der Waals surface area contributed by atoms with Gasteiger partial charge in [0.2, 0.25) is 0 Å². The Kier molecular flexibility index (Phi) is 5.63. The minimum atomic E-state index is -4.62.